The first-order chi connectivity index (χ1) is 14.5. The lowest BCUT2D eigenvalue weighted by atomic mass is 10.1. The van der Waals surface area contributed by atoms with E-state index >= 15 is 0 Å². The van der Waals surface area contributed by atoms with Gasteiger partial charge in [0, 0.05) is 13.0 Å². The van der Waals surface area contributed by atoms with Crippen molar-refractivity contribution in [3.8, 4) is 5.75 Å². The van der Waals surface area contributed by atoms with Gasteiger partial charge in [0.05, 0.1) is 18.1 Å². The van der Waals surface area contributed by atoms with Crippen LogP contribution in [0.25, 0.3) is 11.0 Å². The first-order valence-electron chi connectivity index (χ1n) is 9.95. The van der Waals surface area contributed by atoms with Crippen LogP contribution in [0.5, 0.6) is 5.75 Å². The molecule has 0 saturated carbocycles. The van der Waals surface area contributed by atoms with E-state index < -0.39 is 0 Å². The van der Waals surface area contributed by atoms with Crippen molar-refractivity contribution in [2.24, 2.45) is 0 Å². The van der Waals surface area contributed by atoms with Crippen LogP contribution < -0.4 is 10.1 Å². The van der Waals surface area contributed by atoms with Crippen molar-refractivity contribution in [2.45, 2.75) is 33.2 Å². The first-order valence-corrected chi connectivity index (χ1v) is 9.95. The van der Waals surface area contributed by atoms with Crippen LogP contribution in [0, 0.1) is 13.8 Å². The first kappa shape index (κ1) is 21.4. The number of benzene rings is 2. The van der Waals surface area contributed by atoms with Gasteiger partial charge in [0.15, 0.2) is 6.61 Å². The van der Waals surface area contributed by atoms with Gasteiger partial charge in [-0.25, -0.2) is 4.98 Å². The third kappa shape index (κ3) is 5.37. The largest absolute Gasteiger partial charge is 0.483 e. The molecule has 7 heteroatoms. The predicted molar refractivity (Wildman–Crippen MR) is 114 cm³/mol. The second-order valence-corrected chi connectivity index (χ2v) is 7.19. The molecule has 0 spiro atoms. The standard InChI is InChI=1S/C23H27N3O4/c1-16-10-11-17(2)20(13-16)30-15-22(27)24-12-6-9-21-25-18-7-4-5-8-19(18)26(21)14-23(28)29-3/h4-5,7-8,10-11,13H,6,9,12,14-15H2,1-3H3,(H,24,27). The lowest BCUT2D eigenvalue weighted by Crippen LogP contribution is -2.30. The highest BCUT2D eigenvalue weighted by molar-refractivity contribution is 5.79. The Hall–Kier alpha value is -3.35. The number of para-hydroxylation sites is 2. The van der Waals surface area contributed by atoms with E-state index in [0.717, 1.165) is 33.7 Å². The summed E-state index contributed by atoms with van der Waals surface area (Å²) < 4.78 is 12.3. The van der Waals surface area contributed by atoms with E-state index in [-0.39, 0.29) is 25.0 Å². The van der Waals surface area contributed by atoms with Crippen molar-refractivity contribution in [3.63, 3.8) is 0 Å². The minimum atomic E-state index is -0.323. The van der Waals surface area contributed by atoms with E-state index in [1.807, 2.05) is 60.9 Å². The van der Waals surface area contributed by atoms with Crippen molar-refractivity contribution in [2.75, 3.05) is 20.3 Å². The van der Waals surface area contributed by atoms with Crippen LogP contribution in [-0.2, 0) is 27.3 Å². The number of carbonyl (C=O) groups is 2. The Morgan fingerprint density at radius 1 is 1.13 bits per heavy atom. The number of aryl methyl sites for hydroxylation is 3. The van der Waals surface area contributed by atoms with Gasteiger partial charge in [-0.05, 0) is 49.6 Å². The minimum Gasteiger partial charge on any atom is -0.483 e. The summed E-state index contributed by atoms with van der Waals surface area (Å²) in [4.78, 5) is 28.5. The molecule has 0 saturated heterocycles. The molecule has 0 aliphatic rings. The third-order valence-corrected chi connectivity index (χ3v) is 4.85. The summed E-state index contributed by atoms with van der Waals surface area (Å²) in [5.74, 6) is 1.03. The van der Waals surface area contributed by atoms with Crippen LogP contribution in [-0.4, -0.2) is 41.7 Å². The number of hydrogen-bond donors (Lipinski definition) is 1. The number of nitrogens with zero attached hydrogens (tertiary/aromatic N) is 2. The molecule has 2 aromatic carbocycles. The zero-order chi connectivity index (χ0) is 21.5. The Bertz CT molecular complexity index is 1040. The molecule has 0 radical (unpaired) electrons. The molecule has 7 nitrogen and oxygen atoms in total. The molecule has 1 N–H and O–H groups in total. The molecule has 0 aliphatic heterocycles. The van der Waals surface area contributed by atoms with Crippen LogP contribution in [0.1, 0.15) is 23.4 Å². The van der Waals surface area contributed by atoms with Gasteiger partial charge in [-0.15, -0.1) is 0 Å². The van der Waals surface area contributed by atoms with E-state index in [2.05, 4.69) is 10.3 Å². The van der Waals surface area contributed by atoms with E-state index in [0.29, 0.717) is 19.4 Å². The number of fused-ring (bicyclic) bond motifs is 1. The van der Waals surface area contributed by atoms with Gasteiger partial charge in [0.25, 0.3) is 5.91 Å². The summed E-state index contributed by atoms with van der Waals surface area (Å²) in [6, 6.07) is 13.6. The zero-order valence-electron chi connectivity index (χ0n) is 17.6. The summed E-state index contributed by atoms with van der Waals surface area (Å²) >= 11 is 0. The molecule has 0 atom stereocenters. The Morgan fingerprint density at radius 2 is 1.93 bits per heavy atom. The monoisotopic (exact) mass is 409 g/mol. The lowest BCUT2D eigenvalue weighted by molar-refractivity contribution is -0.141. The molecule has 0 aliphatic carbocycles. The summed E-state index contributed by atoms with van der Waals surface area (Å²) in [6.07, 6.45) is 1.32. The lowest BCUT2D eigenvalue weighted by Gasteiger charge is -2.11. The topological polar surface area (TPSA) is 82.5 Å². The number of rotatable bonds is 9. The van der Waals surface area contributed by atoms with E-state index in [1.165, 1.54) is 7.11 Å². The molecule has 0 fully saturated rings. The molecule has 1 aromatic heterocycles. The maximum Gasteiger partial charge on any atom is 0.325 e. The Labute approximate surface area is 176 Å². The molecule has 0 bridgehead atoms. The highest BCUT2D eigenvalue weighted by Gasteiger charge is 2.14. The fourth-order valence-corrected chi connectivity index (χ4v) is 3.22. The van der Waals surface area contributed by atoms with Crippen LogP contribution >= 0.6 is 0 Å². The average molecular weight is 409 g/mol. The summed E-state index contributed by atoms with van der Waals surface area (Å²) in [7, 11) is 1.37. The number of carbonyl (C=O) groups excluding carboxylic acids is 2. The van der Waals surface area contributed by atoms with Crippen molar-refractivity contribution in [3.05, 3.63) is 59.4 Å². The van der Waals surface area contributed by atoms with Crippen molar-refractivity contribution in [1.82, 2.24) is 14.9 Å². The zero-order valence-corrected chi connectivity index (χ0v) is 17.6. The summed E-state index contributed by atoms with van der Waals surface area (Å²) in [5, 5.41) is 2.87. The number of imidazole rings is 1. The maximum absolute atomic E-state index is 12.1. The molecule has 0 unspecified atom stereocenters. The molecule has 3 aromatic rings. The van der Waals surface area contributed by atoms with Gasteiger partial charge in [-0.2, -0.15) is 0 Å². The van der Waals surface area contributed by atoms with Gasteiger partial charge in [-0.1, -0.05) is 24.3 Å². The number of esters is 1. The van der Waals surface area contributed by atoms with E-state index in [9.17, 15) is 9.59 Å². The van der Waals surface area contributed by atoms with Gasteiger partial charge in [0.2, 0.25) is 0 Å². The number of nitrogens with one attached hydrogen (secondary N) is 1. The molecule has 158 valence electrons. The second-order valence-electron chi connectivity index (χ2n) is 7.19. The Kier molecular flexibility index (Phi) is 7.06. The number of aromatic nitrogens is 2. The number of ether oxygens (including phenoxy) is 2. The van der Waals surface area contributed by atoms with E-state index in [1.54, 1.807) is 0 Å². The number of methoxy groups -OCH3 is 1. The van der Waals surface area contributed by atoms with Gasteiger partial charge in [-0.3, -0.25) is 9.59 Å². The highest BCUT2D eigenvalue weighted by Crippen LogP contribution is 2.19. The fourth-order valence-electron chi connectivity index (χ4n) is 3.22. The van der Waals surface area contributed by atoms with Crippen LogP contribution in [0.4, 0.5) is 0 Å². The van der Waals surface area contributed by atoms with Gasteiger partial charge in [0.1, 0.15) is 18.1 Å². The Balaban J connectivity index is 1.52. The summed E-state index contributed by atoms with van der Waals surface area (Å²) in [5.41, 5.74) is 3.81. The number of amides is 1. The molecular weight excluding hydrogens is 382 g/mol. The maximum atomic E-state index is 12.1. The normalized spacial score (nSPS) is 10.8. The average Bonchev–Trinajstić information content (AvgIpc) is 3.09. The highest BCUT2D eigenvalue weighted by atomic mass is 16.5. The van der Waals surface area contributed by atoms with Gasteiger partial charge >= 0.3 is 5.97 Å². The van der Waals surface area contributed by atoms with Crippen molar-refractivity contribution in [1.29, 1.82) is 0 Å². The minimum absolute atomic E-state index is 0.0227. The van der Waals surface area contributed by atoms with E-state index in [4.69, 9.17) is 9.47 Å². The quantitative estimate of drug-likeness (QED) is 0.434. The SMILES string of the molecule is COC(=O)Cn1c(CCCNC(=O)COc2cc(C)ccc2C)nc2ccccc21. The molecular formula is C23H27N3O4. The number of hydrogen-bond acceptors (Lipinski definition) is 5. The van der Waals surface area contributed by atoms with Gasteiger partial charge < -0.3 is 19.4 Å². The fraction of sp³-hybridized carbons (Fsp3) is 0.348. The molecule has 3 rings (SSSR count). The van der Waals surface area contributed by atoms with Crippen LogP contribution in [0.2, 0.25) is 0 Å². The molecule has 30 heavy (non-hydrogen) atoms. The smallest absolute Gasteiger partial charge is 0.325 e. The molecule has 1 amide bonds. The van der Waals surface area contributed by atoms with Crippen molar-refractivity contribution < 1.29 is 19.1 Å². The van der Waals surface area contributed by atoms with Crippen LogP contribution in [0.15, 0.2) is 42.5 Å². The third-order valence-electron chi connectivity index (χ3n) is 4.85. The summed E-state index contributed by atoms with van der Waals surface area (Å²) in [6.45, 7) is 4.52. The van der Waals surface area contributed by atoms with Crippen LogP contribution in [0.3, 0.4) is 0 Å². The second kappa shape index (κ2) is 9.91. The predicted octanol–water partition coefficient (Wildman–Crippen LogP) is 2.95. The molecule has 1 heterocycles. The Morgan fingerprint density at radius 3 is 2.73 bits per heavy atom. The van der Waals surface area contributed by atoms with Crippen molar-refractivity contribution >= 4 is 22.9 Å².